The topological polar surface area (TPSA) is 0 Å². The van der Waals surface area contributed by atoms with Crippen molar-refractivity contribution >= 4 is 8.07 Å². The average Bonchev–Trinajstić information content (AvgIpc) is 2.14. The zero-order valence-electron chi connectivity index (χ0n) is 8.77. The number of hydrogen-bond donors (Lipinski definition) is 0. The first-order chi connectivity index (χ1) is 5.74. The molecule has 0 aromatic rings. The summed E-state index contributed by atoms with van der Waals surface area (Å²) in [6.07, 6.45) is 6.26. The lowest BCUT2D eigenvalue weighted by Gasteiger charge is -2.26. The Labute approximate surface area is 78.4 Å². The molecule has 0 aliphatic rings. The van der Waals surface area contributed by atoms with Crippen LogP contribution in [0.1, 0.15) is 20.8 Å². The first-order valence-electron chi connectivity index (χ1n) is 5.02. The zero-order valence-corrected chi connectivity index (χ0v) is 9.77. The predicted octanol–water partition coefficient (Wildman–Crippen LogP) is 4.24. The fourth-order valence-electron chi connectivity index (χ4n) is 1.60. The quantitative estimate of drug-likeness (QED) is 0.426. The van der Waals surface area contributed by atoms with Gasteiger partial charge in [-0.3, -0.25) is 0 Å². The van der Waals surface area contributed by atoms with E-state index in [1.807, 2.05) is 6.08 Å². The lowest BCUT2D eigenvalue weighted by atomic mass is 10.5. The molecule has 0 saturated carbocycles. The SMILES string of the molecule is C=C/C=C/C[Si](CC)(CC)CC. The zero-order chi connectivity index (χ0) is 9.45. The van der Waals surface area contributed by atoms with Gasteiger partial charge in [0, 0.05) is 0 Å². The van der Waals surface area contributed by atoms with Gasteiger partial charge in [0.1, 0.15) is 0 Å². The second-order valence-corrected chi connectivity index (χ2v) is 8.96. The highest BCUT2D eigenvalue weighted by Crippen LogP contribution is 2.25. The summed E-state index contributed by atoms with van der Waals surface area (Å²) in [5, 5.41) is 0. The molecule has 0 heterocycles. The minimum Gasteiger partial charge on any atom is -0.0991 e. The lowest BCUT2D eigenvalue weighted by molar-refractivity contribution is 1.14. The molecule has 0 unspecified atom stereocenters. The van der Waals surface area contributed by atoms with Crippen LogP contribution < -0.4 is 0 Å². The molecule has 0 amide bonds. The number of rotatable bonds is 6. The maximum atomic E-state index is 3.69. The van der Waals surface area contributed by atoms with Gasteiger partial charge in [0.25, 0.3) is 0 Å². The molecular formula is C11H22Si. The summed E-state index contributed by atoms with van der Waals surface area (Å²) in [7, 11) is -0.889. The summed E-state index contributed by atoms with van der Waals surface area (Å²) in [4.78, 5) is 0. The van der Waals surface area contributed by atoms with Crippen molar-refractivity contribution in [3.05, 3.63) is 24.8 Å². The van der Waals surface area contributed by atoms with Crippen molar-refractivity contribution in [2.24, 2.45) is 0 Å². The summed E-state index contributed by atoms with van der Waals surface area (Å²) in [5.74, 6) is 0. The molecular weight excluding hydrogens is 160 g/mol. The second kappa shape index (κ2) is 6.24. The molecule has 0 atom stereocenters. The van der Waals surface area contributed by atoms with Crippen molar-refractivity contribution in [3.8, 4) is 0 Å². The van der Waals surface area contributed by atoms with Crippen LogP contribution in [0.25, 0.3) is 0 Å². The van der Waals surface area contributed by atoms with Crippen LogP contribution in [0.2, 0.25) is 24.2 Å². The van der Waals surface area contributed by atoms with Crippen LogP contribution >= 0.6 is 0 Å². The van der Waals surface area contributed by atoms with E-state index in [2.05, 4.69) is 39.5 Å². The third-order valence-electron chi connectivity index (χ3n) is 3.07. The molecule has 70 valence electrons. The molecule has 0 spiro atoms. The van der Waals surface area contributed by atoms with Gasteiger partial charge >= 0.3 is 0 Å². The molecule has 1 heteroatoms. The molecule has 0 aliphatic heterocycles. The fraction of sp³-hybridized carbons (Fsp3) is 0.636. The molecule has 0 saturated heterocycles. The normalized spacial score (nSPS) is 12.2. The van der Waals surface area contributed by atoms with Crippen LogP contribution in [-0.2, 0) is 0 Å². The Balaban J connectivity index is 4.10. The predicted molar refractivity (Wildman–Crippen MR) is 61.3 cm³/mol. The third kappa shape index (κ3) is 3.40. The highest BCUT2D eigenvalue weighted by Gasteiger charge is 2.24. The Morgan fingerprint density at radius 3 is 1.92 bits per heavy atom. The van der Waals surface area contributed by atoms with Crippen LogP contribution in [0.15, 0.2) is 24.8 Å². The first-order valence-corrected chi connectivity index (χ1v) is 7.85. The minimum atomic E-state index is -0.889. The molecule has 0 aromatic heterocycles. The van der Waals surface area contributed by atoms with Gasteiger partial charge in [-0.15, -0.1) is 0 Å². The van der Waals surface area contributed by atoms with Crippen LogP contribution in [0, 0.1) is 0 Å². The van der Waals surface area contributed by atoms with Gasteiger partial charge in [-0.05, 0) is 6.04 Å². The highest BCUT2D eigenvalue weighted by molar-refractivity contribution is 6.80. The first kappa shape index (κ1) is 11.7. The van der Waals surface area contributed by atoms with Gasteiger partial charge < -0.3 is 0 Å². The lowest BCUT2D eigenvalue weighted by Crippen LogP contribution is -2.29. The van der Waals surface area contributed by atoms with Gasteiger partial charge in [-0.25, -0.2) is 0 Å². The van der Waals surface area contributed by atoms with E-state index < -0.39 is 8.07 Å². The number of hydrogen-bond acceptors (Lipinski definition) is 0. The largest absolute Gasteiger partial charge is 0.0991 e. The van der Waals surface area contributed by atoms with Crippen molar-refractivity contribution < 1.29 is 0 Å². The van der Waals surface area contributed by atoms with Gasteiger partial charge in [0.15, 0.2) is 0 Å². The van der Waals surface area contributed by atoms with Gasteiger partial charge in [0.2, 0.25) is 0 Å². The Bertz CT molecular complexity index is 135. The fourth-order valence-corrected chi connectivity index (χ4v) is 4.60. The van der Waals surface area contributed by atoms with E-state index in [4.69, 9.17) is 0 Å². The maximum Gasteiger partial charge on any atom is 0.0565 e. The van der Waals surface area contributed by atoms with Crippen LogP contribution in [0.5, 0.6) is 0 Å². The van der Waals surface area contributed by atoms with E-state index in [0.29, 0.717) is 0 Å². The van der Waals surface area contributed by atoms with Gasteiger partial charge in [0.05, 0.1) is 8.07 Å². The van der Waals surface area contributed by atoms with Crippen molar-refractivity contribution in [2.75, 3.05) is 0 Å². The summed E-state index contributed by atoms with van der Waals surface area (Å²) in [6, 6.07) is 5.59. The summed E-state index contributed by atoms with van der Waals surface area (Å²) in [6.45, 7) is 10.7. The minimum absolute atomic E-state index is 0.889. The standard InChI is InChI=1S/C11H22Si/c1-5-9-10-11-12(6-2,7-3)8-4/h5,9-10H,1,6-8,11H2,2-4H3/b10-9+. The number of allylic oxidation sites excluding steroid dienone is 3. The molecule has 0 aliphatic carbocycles. The Morgan fingerprint density at radius 2 is 1.58 bits per heavy atom. The monoisotopic (exact) mass is 182 g/mol. The average molecular weight is 182 g/mol. The molecule has 0 aromatic carbocycles. The molecule has 0 N–H and O–H groups in total. The van der Waals surface area contributed by atoms with Crippen molar-refractivity contribution in [1.29, 1.82) is 0 Å². The van der Waals surface area contributed by atoms with Crippen molar-refractivity contribution in [3.63, 3.8) is 0 Å². The summed E-state index contributed by atoms with van der Waals surface area (Å²) >= 11 is 0. The van der Waals surface area contributed by atoms with E-state index in [1.54, 1.807) is 0 Å². The molecule has 0 nitrogen and oxygen atoms in total. The molecule has 12 heavy (non-hydrogen) atoms. The molecule has 0 bridgehead atoms. The van der Waals surface area contributed by atoms with E-state index >= 15 is 0 Å². The highest BCUT2D eigenvalue weighted by atomic mass is 28.3. The van der Waals surface area contributed by atoms with Crippen LogP contribution in [-0.4, -0.2) is 8.07 Å². The second-order valence-electron chi connectivity index (χ2n) is 3.43. The molecule has 0 rings (SSSR count). The van der Waals surface area contributed by atoms with Crippen LogP contribution in [0.4, 0.5) is 0 Å². The van der Waals surface area contributed by atoms with E-state index in [0.717, 1.165) is 0 Å². The van der Waals surface area contributed by atoms with Gasteiger partial charge in [-0.1, -0.05) is 63.7 Å². The van der Waals surface area contributed by atoms with Crippen LogP contribution in [0.3, 0.4) is 0 Å². The summed E-state index contributed by atoms with van der Waals surface area (Å²) < 4.78 is 0. The molecule has 0 fully saturated rings. The maximum absolute atomic E-state index is 3.69. The van der Waals surface area contributed by atoms with Crippen molar-refractivity contribution in [1.82, 2.24) is 0 Å². The van der Waals surface area contributed by atoms with E-state index in [-0.39, 0.29) is 0 Å². The Kier molecular flexibility index (Phi) is 6.08. The van der Waals surface area contributed by atoms with Crippen molar-refractivity contribution in [2.45, 2.75) is 44.9 Å². The van der Waals surface area contributed by atoms with E-state index in [1.165, 1.54) is 24.2 Å². The molecule has 0 radical (unpaired) electrons. The summed E-state index contributed by atoms with van der Waals surface area (Å²) in [5.41, 5.74) is 0. The Morgan fingerprint density at radius 1 is 1.08 bits per heavy atom. The van der Waals surface area contributed by atoms with E-state index in [9.17, 15) is 0 Å². The smallest absolute Gasteiger partial charge is 0.0565 e. The van der Waals surface area contributed by atoms with Gasteiger partial charge in [-0.2, -0.15) is 0 Å². The third-order valence-corrected chi connectivity index (χ3v) is 8.67. The Hall–Kier alpha value is -0.303.